The van der Waals surface area contributed by atoms with Crippen LogP contribution in [0.4, 0.5) is 11.5 Å². The lowest BCUT2D eigenvalue weighted by atomic mass is 10.1. The minimum absolute atomic E-state index is 0.000582. The van der Waals surface area contributed by atoms with E-state index in [1.807, 2.05) is 31.2 Å². The highest BCUT2D eigenvalue weighted by atomic mass is 16.2. The fraction of sp³-hybridized carbons (Fsp3) is 0.222. The van der Waals surface area contributed by atoms with Gasteiger partial charge < -0.3 is 14.9 Å². The van der Waals surface area contributed by atoms with E-state index in [1.54, 1.807) is 19.3 Å². The van der Waals surface area contributed by atoms with Crippen LogP contribution in [0.2, 0.25) is 0 Å². The second kappa shape index (κ2) is 6.14. The molecule has 1 saturated heterocycles. The number of benzene rings is 1. The van der Waals surface area contributed by atoms with Crippen molar-refractivity contribution in [2.24, 2.45) is 0 Å². The van der Waals surface area contributed by atoms with Crippen molar-refractivity contribution >= 4 is 23.3 Å². The van der Waals surface area contributed by atoms with Crippen LogP contribution in [-0.2, 0) is 9.59 Å². The van der Waals surface area contributed by atoms with Crippen molar-refractivity contribution in [1.29, 1.82) is 0 Å². The summed E-state index contributed by atoms with van der Waals surface area (Å²) in [5.74, 6) is 1.80. The molecular weight excluding hydrogens is 332 g/mol. The van der Waals surface area contributed by atoms with Crippen LogP contribution in [-0.4, -0.2) is 44.8 Å². The number of carbonyl (C=O) groups excluding carboxylic acids is 2. The zero-order valence-electron chi connectivity index (χ0n) is 14.5. The molecule has 8 nitrogen and oxygen atoms in total. The summed E-state index contributed by atoms with van der Waals surface area (Å²) >= 11 is 0. The number of H-pyrrole nitrogens is 2. The molecule has 3 aromatic rings. The van der Waals surface area contributed by atoms with Gasteiger partial charge in [0.2, 0.25) is 11.8 Å². The van der Waals surface area contributed by atoms with E-state index in [2.05, 4.69) is 19.9 Å². The van der Waals surface area contributed by atoms with Crippen LogP contribution in [0.15, 0.2) is 36.7 Å². The molecule has 0 unspecified atom stereocenters. The molecule has 0 atom stereocenters. The van der Waals surface area contributed by atoms with Crippen molar-refractivity contribution in [3.8, 4) is 11.3 Å². The Kier molecular flexibility index (Phi) is 3.80. The summed E-state index contributed by atoms with van der Waals surface area (Å²) < 4.78 is 0. The van der Waals surface area contributed by atoms with Gasteiger partial charge in [0.1, 0.15) is 30.6 Å². The van der Waals surface area contributed by atoms with Gasteiger partial charge in [-0.3, -0.25) is 14.5 Å². The Morgan fingerprint density at radius 1 is 0.846 bits per heavy atom. The molecule has 8 heteroatoms. The van der Waals surface area contributed by atoms with Crippen LogP contribution in [0.3, 0.4) is 0 Å². The summed E-state index contributed by atoms with van der Waals surface area (Å²) in [5, 5.41) is 0. The first-order chi connectivity index (χ1) is 12.5. The molecule has 4 rings (SSSR count). The standard InChI is InChI=1S/C18H18N6O2/c1-11-19-7-15(21-11)13-3-5-14(6-4-13)23-9-18(26)24(10-17(23)25)16-8-20-12(2)22-16/h3-8H,9-10H2,1-2H3,(H,19,21)(H,20,22). The van der Waals surface area contributed by atoms with Gasteiger partial charge in [0.25, 0.3) is 0 Å². The average Bonchev–Trinajstić information content (AvgIpc) is 3.25. The number of hydrogen-bond acceptors (Lipinski definition) is 4. The van der Waals surface area contributed by atoms with Crippen molar-refractivity contribution in [2.45, 2.75) is 13.8 Å². The minimum atomic E-state index is -0.151. The summed E-state index contributed by atoms with van der Waals surface area (Å²) in [5.41, 5.74) is 2.58. The number of nitrogens with one attached hydrogen (secondary N) is 2. The van der Waals surface area contributed by atoms with Crippen molar-refractivity contribution < 1.29 is 9.59 Å². The minimum Gasteiger partial charge on any atom is -0.342 e. The van der Waals surface area contributed by atoms with Crippen LogP contribution in [0.5, 0.6) is 0 Å². The number of carbonyl (C=O) groups is 2. The molecule has 26 heavy (non-hydrogen) atoms. The average molecular weight is 350 g/mol. The molecule has 2 N–H and O–H groups in total. The quantitative estimate of drug-likeness (QED) is 0.752. The van der Waals surface area contributed by atoms with Gasteiger partial charge in [-0.15, -0.1) is 0 Å². The van der Waals surface area contributed by atoms with E-state index in [0.29, 0.717) is 17.3 Å². The molecule has 2 aromatic heterocycles. The summed E-state index contributed by atoms with van der Waals surface area (Å²) in [6.07, 6.45) is 3.33. The van der Waals surface area contributed by atoms with Crippen molar-refractivity contribution in [3.05, 3.63) is 48.3 Å². The number of anilines is 2. The van der Waals surface area contributed by atoms with Crippen LogP contribution < -0.4 is 9.80 Å². The van der Waals surface area contributed by atoms with Crippen molar-refractivity contribution in [2.75, 3.05) is 22.9 Å². The van der Waals surface area contributed by atoms with Crippen LogP contribution in [0.1, 0.15) is 11.6 Å². The van der Waals surface area contributed by atoms with E-state index in [9.17, 15) is 9.59 Å². The Bertz CT molecular complexity index is 972. The number of aromatic amines is 2. The van der Waals surface area contributed by atoms with Crippen molar-refractivity contribution in [3.63, 3.8) is 0 Å². The molecule has 132 valence electrons. The van der Waals surface area contributed by atoms with E-state index in [1.165, 1.54) is 9.80 Å². The molecular formula is C18H18N6O2. The first-order valence-electron chi connectivity index (χ1n) is 8.25. The van der Waals surface area contributed by atoms with Crippen molar-refractivity contribution in [1.82, 2.24) is 19.9 Å². The molecule has 0 spiro atoms. The molecule has 2 amide bonds. The number of nitrogens with zero attached hydrogens (tertiary/aromatic N) is 4. The normalized spacial score (nSPS) is 15.0. The Morgan fingerprint density at radius 3 is 2.08 bits per heavy atom. The fourth-order valence-corrected chi connectivity index (χ4v) is 3.01. The lowest BCUT2D eigenvalue weighted by molar-refractivity contribution is -0.125. The topological polar surface area (TPSA) is 98.0 Å². The van der Waals surface area contributed by atoms with Gasteiger partial charge in [-0.2, -0.15) is 0 Å². The number of hydrogen-bond donors (Lipinski definition) is 2. The molecule has 1 aromatic carbocycles. The number of piperazine rings is 1. The van der Waals surface area contributed by atoms with Gasteiger partial charge in [-0.05, 0) is 31.5 Å². The number of imidazole rings is 2. The third-order valence-electron chi connectivity index (χ3n) is 4.36. The molecule has 1 fully saturated rings. The monoisotopic (exact) mass is 350 g/mol. The molecule has 1 aliphatic heterocycles. The Morgan fingerprint density at radius 2 is 1.46 bits per heavy atom. The summed E-state index contributed by atoms with van der Waals surface area (Å²) in [4.78, 5) is 42.4. The highest BCUT2D eigenvalue weighted by Gasteiger charge is 2.32. The van der Waals surface area contributed by atoms with E-state index in [-0.39, 0.29) is 24.9 Å². The maximum atomic E-state index is 12.6. The van der Waals surface area contributed by atoms with Gasteiger partial charge in [-0.1, -0.05) is 12.1 Å². The van der Waals surface area contributed by atoms with Gasteiger partial charge in [0, 0.05) is 5.69 Å². The lowest BCUT2D eigenvalue weighted by Gasteiger charge is -2.33. The van der Waals surface area contributed by atoms with Gasteiger partial charge >= 0.3 is 0 Å². The van der Waals surface area contributed by atoms with Crippen LogP contribution >= 0.6 is 0 Å². The van der Waals surface area contributed by atoms with E-state index in [0.717, 1.165) is 17.1 Å². The Balaban J connectivity index is 1.53. The fourth-order valence-electron chi connectivity index (χ4n) is 3.01. The van der Waals surface area contributed by atoms with E-state index < -0.39 is 0 Å². The smallest absolute Gasteiger partial charge is 0.248 e. The molecule has 0 radical (unpaired) electrons. The predicted octanol–water partition coefficient (Wildman–Crippen LogP) is 1.80. The maximum Gasteiger partial charge on any atom is 0.248 e. The number of rotatable bonds is 3. The third kappa shape index (κ3) is 2.85. The molecule has 0 aliphatic carbocycles. The number of aryl methyl sites for hydroxylation is 2. The Labute approximate surface area is 149 Å². The first-order valence-corrected chi connectivity index (χ1v) is 8.25. The van der Waals surface area contributed by atoms with E-state index >= 15 is 0 Å². The number of aromatic nitrogens is 4. The Hall–Kier alpha value is -3.42. The number of amides is 2. The second-order valence-electron chi connectivity index (χ2n) is 6.24. The van der Waals surface area contributed by atoms with Crippen LogP contribution in [0.25, 0.3) is 11.3 Å². The molecule has 3 heterocycles. The highest BCUT2D eigenvalue weighted by molar-refractivity contribution is 6.11. The SMILES string of the molecule is Cc1ncc(-c2ccc(N3CC(=O)N(c4cnc(C)[nH]4)CC3=O)cc2)[nH]1. The van der Waals surface area contributed by atoms with Crippen LogP contribution in [0, 0.1) is 13.8 Å². The lowest BCUT2D eigenvalue weighted by Crippen LogP contribution is -2.54. The van der Waals surface area contributed by atoms with Gasteiger partial charge in [0.05, 0.1) is 18.1 Å². The first kappa shape index (κ1) is 16.1. The van der Waals surface area contributed by atoms with Gasteiger partial charge in [0.15, 0.2) is 0 Å². The predicted molar refractivity (Wildman–Crippen MR) is 96.8 cm³/mol. The third-order valence-corrected chi connectivity index (χ3v) is 4.36. The maximum absolute atomic E-state index is 12.6. The molecule has 1 aliphatic rings. The largest absolute Gasteiger partial charge is 0.342 e. The summed E-state index contributed by atoms with van der Waals surface area (Å²) in [7, 11) is 0. The second-order valence-corrected chi connectivity index (χ2v) is 6.24. The highest BCUT2D eigenvalue weighted by Crippen LogP contribution is 2.24. The summed E-state index contributed by atoms with van der Waals surface area (Å²) in [6, 6.07) is 7.49. The molecule has 0 bridgehead atoms. The zero-order valence-corrected chi connectivity index (χ0v) is 14.5. The zero-order chi connectivity index (χ0) is 18.3. The molecule has 0 saturated carbocycles. The summed E-state index contributed by atoms with van der Waals surface area (Å²) in [6.45, 7) is 3.68. The van der Waals surface area contributed by atoms with Gasteiger partial charge in [-0.25, -0.2) is 9.97 Å². The van der Waals surface area contributed by atoms with E-state index in [4.69, 9.17) is 0 Å².